The lowest BCUT2D eigenvalue weighted by Gasteiger charge is -2.10. The Hall–Kier alpha value is -2.73. The maximum Gasteiger partial charge on any atom is 0.108 e. The van der Waals surface area contributed by atoms with Crippen molar-refractivity contribution in [1.82, 2.24) is 14.5 Å². The van der Waals surface area contributed by atoms with E-state index in [1.807, 2.05) is 24.7 Å². The molecule has 0 aliphatic rings. The van der Waals surface area contributed by atoms with Crippen molar-refractivity contribution in [3.05, 3.63) is 76.3 Å². The molecule has 0 spiro atoms. The van der Waals surface area contributed by atoms with E-state index in [-0.39, 0.29) is 0 Å². The van der Waals surface area contributed by atoms with Crippen molar-refractivity contribution in [2.24, 2.45) is 5.73 Å². The van der Waals surface area contributed by atoms with E-state index in [1.54, 1.807) is 11.3 Å². The quantitative estimate of drug-likeness (QED) is 0.433. The molecule has 2 aromatic carbocycles. The summed E-state index contributed by atoms with van der Waals surface area (Å²) in [6.45, 7) is 0.578. The summed E-state index contributed by atoms with van der Waals surface area (Å²) in [6.07, 6.45) is 4.42. The Labute approximate surface area is 171 Å². The molecular weight excluding hydrogens is 388 g/mol. The molecule has 5 rings (SSSR count). The Balaban J connectivity index is 1.74. The molecule has 6 heteroatoms. The lowest BCUT2D eigenvalue weighted by Crippen LogP contribution is -2.03. The molecule has 0 saturated carbocycles. The second-order valence-corrected chi connectivity index (χ2v) is 7.85. The monoisotopic (exact) mass is 404 g/mol. The van der Waals surface area contributed by atoms with Gasteiger partial charge in [0.05, 0.1) is 17.2 Å². The average molecular weight is 405 g/mol. The van der Waals surface area contributed by atoms with Crippen molar-refractivity contribution < 1.29 is 0 Å². The van der Waals surface area contributed by atoms with Gasteiger partial charge in [-0.2, -0.15) is 11.3 Å². The molecule has 138 valence electrons. The van der Waals surface area contributed by atoms with Crippen LogP contribution in [0.25, 0.3) is 38.8 Å². The van der Waals surface area contributed by atoms with Crippen LogP contribution in [0, 0.1) is 0 Å². The van der Waals surface area contributed by atoms with E-state index >= 15 is 0 Å². The van der Waals surface area contributed by atoms with Crippen LogP contribution < -0.4 is 5.73 Å². The second kappa shape index (κ2) is 7.02. The fourth-order valence-corrected chi connectivity index (χ4v) is 4.48. The number of hydrogen-bond donors (Lipinski definition) is 1. The Bertz CT molecular complexity index is 1290. The molecule has 3 aromatic heterocycles. The van der Waals surface area contributed by atoms with E-state index in [0.717, 1.165) is 44.6 Å². The predicted octanol–water partition coefficient (Wildman–Crippen LogP) is 5.46. The maximum atomic E-state index is 6.49. The fraction of sp³-hybridized carbons (Fsp3) is 0.0909. The summed E-state index contributed by atoms with van der Waals surface area (Å²) in [5.74, 6) is 0. The molecule has 0 amide bonds. The lowest BCUT2D eigenvalue weighted by molar-refractivity contribution is 0.966. The summed E-state index contributed by atoms with van der Waals surface area (Å²) in [7, 11) is 0. The zero-order chi connectivity index (χ0) is 19.1. The molecule has 0 unspecified atom stereocenters. The molecule has 4 nitrogen and oxygen atoms in total. The number of nitrogens with zero attached hydrogens (tertiary/aromatic N) is 3. The Kier molecular flexibility index (Phi) is 4.36. The van der Waals surface area contributed by atoms with Gasteiger partial charge in [0.1, 0.15) is 11.8 Å². The first-order valence-electron chi connectivity index (χ1n) is 9.02. The average Bonchev–Trinajstić information content (AvgIpc) is 3.39. The van der Waals surface area contributed by atoms with Gasteiger partial charge in [-0.25, -0.2) is 4.98 Å². The van der Waals surface area contributed by atoms with Crippen LogP contribution in [-0.2, 0) is 6.42 Å². The Morgan fingerprint density at radius 3 is 2.71 bits per heavy atom. The number of nitrogens with two attached hydrogens (primary N) is 1. The van der Waals surface area contributed by atoms with Gasteiger partial charge in [0, 0.05) is 16.1 Å². The predicted molar refractivity (Wildman–Crippen MR) is 117 cm³/mol. The Morgan fingerprint density at radius 2 is 1.93 bits per heavy atom. The molecule has 0 bridgehead atoms. The highest BCUT2D eigenvalue weighted by Gasteiger charge is 2.12. The molecule has 0 saturated heterocycles. The minimum absolute atomic E-state index is 0.578. The van der Waals surface area contributed by atoms with Gasteiger partial charge in [0.25, 0.3) is 0 Å². The number of aromatic nitrogens is 3. The highest BCUT2D eigenvalue weighted by Crippen LogP contribution is 2.31. The third-order valence-corrected chi connectivity index (χ3v) is 5.99. The number of pyridine rings is 1. The summed E-state index contributed by atoms with van der Waals surface area (Å²) in [6, 6.07) is 14.6. The zero-order valence-corrected chi connectivity index (χ0v) is 16.5. The number of thiophene rings is 1. The van der Waals surface area contributed by atoms with Crippen LogP contribution in [0.3, 0.4) is 0 Å². The normalized spacial score (nSPS) is 11.5. The SMILES string of the molecule is NCCc1ccc(-n2cnc3cnc4ccc(-c5ccsc5)cc4c32)cc1Cl. The smallest absolute Gasteiger partial charge is 0.108 e. The summed E-state index contributed by atoms with van der Waals surface area (Å²) in [4.78, 5) is 9.15. The van der Waals surface area contributed by atoms with Gasteiger partial charge in [-0.05, 0) is 70.7 Å². The number of halogens is 1. The molecular formula is C22H17ClN4S. The van der Waals surface area contributed by atoms with Gasteiger partial charge in [0.15, 0.2) is 0 Å². The first kappa shape index (κ1) is 17.4. The van der Waals surface area contributed by atoms with Crippen LogP contribution in [-0.4, -0.2) is 21.1 Å². The van der Waals surface area contributed by atoms with E-state index < -0.39 is 0 Å². The van der Waals surface area contributed by atoms with Gasteiger partial charge in [-0.3, -0.25) is 9.55 Å². The van der Waals surface area contributed by atoms with Crippen LogP contribution in [0.15, 0.2) is 65.7 Å². The van der Waals surface area contributed by atoms with E-state index in [0.29, 0.717) is 6.54 Å². The first-order valence-corrected chi connectivity index (χ1v) is 10.3. The molecule has 5 aromatic rings. The third-order valence-electron chi connectivity index (χ3n) is 4.96. The van der Waals surface area contributed by atoms with Gasteiger partial charge in [0.2, 0.25) is 0 Å². The van der Waals surface area contributed by atoms with E-state index in [9.17, 15) is 0 Å². The standard InChI is InChI=1S/C22H17ClN4S/c23-19-10-17(3-1-14(19)5-7-24)27-13-26-21-11-25-20-4-2-15(9-18(20)22(21)27)16-6-8-28-12-16/h1-4,6,8-13H,5,7,24H2. The highest BCUT2D eigenvalue weighted by atomic mass is 35.5. The number of imidazole rings is 1. The maximum absolute atomic E-state index is 6.49. The van der Waals surface area contributed by atoms with Crippen molar-refractivity contribution in [3.63, 3.8) is 0 Å². The van der Waals surface area contributed by atoms with Gasteiger partial charge < -0.3 is 5.73 Å². The van der Waals surface area contributed by atoms with Crippen molar-refractivity contribution >= 4 is 44.9 Å². The molecule has 0 radical (unpaired) electrons. The summed E-state index contributed by atoms with van der Waals surface area (Å²) >= 11 is 8.18. The summed E-state index contributed by atoms with van der Waals surface area (Å²) in [5, 5.41) is 6.04. The molecule has 0 aliphatic carbocycles. The van der Waals surface area contributed by atoms with Crippen LogP contribution in [0.5, 0.6) is 0 Å². The third kappa shape index (κ3) is 2.88. The topological polar surface area (TPSA) is 56.7 Å². The van der Waals surface area contributed by atoms with Crippen molar-refractivity contribution in [1.29, 1.82) is 0 Å². The van der Waals surface area contributed by atoms with Crippen LogP contribution in [0.2, 0.25) is 5.02 Å². The Morgan fingerprint density at radius 1 is 1.00 bits per heavy atom. The zero-order valence-electron chi connectivity index (χ0n) is 15.0. The fourth-order valence-electron chi connectivity index (χ4n) is 3.54. The molecule has 3 heterocycles. The van der Waals surface area contributed by atoms with Gasteiger partial charge >= 0.3 is 0 Å². The number of hydrogen-bond acceptors (Lipinski definition) is 4. The number of fused-ring (bicyclic) bond motifs is 3. The summed E-state index contributed by atoms with van der Waals surface area (Å²) < 4.78 is 2.08. The largest absolute Gasteiger partial charge is 0.330 e. The molecule has 2 N–H and O–H groups in total. The summed E-state index contributed by atoms with van der Waals surface area (Å²) in [5.41, 5.74) is 12.9. The number of rotatable bonds is 4. The van der Waals surface area contributed by atoms with Crippen LogP contribution >= 0.6 is 22.9 Å². The minimum atomic E-state index is 0.578. The lowest BCUT2D eigenvalue weighted by atomic mass is 10.1. The second-order valence-electron chi connectivity index (χ2n) is 6.66. The highest BCUT2D eigenvalue weighted by molar-refractivity contribution is 7.08. The van der Waals surface area contributed by atoms with E-state index in [4.69, 9.17) is 17.3 Å². The first-order chi connectivity index (χ1) is 13.7. The number of benzene rings is 2. The molecule has 0 fully saturated rings. The van der Waals surface area contributed by atoms with E-state index in [1.165, 1.54) is 11.1 Å². The van der Waals surface area contributed by atoms with E-state index in [2.05, 4.69) is 55.6 Å². The van der Waals surface area contributed by atoms with Crippen LogP contribution in [0.4, 0.5) is 0 Å². The van der Waals surface area contributed by atoms with Crippen molar-refractivity contribution in [2.45, 2.75) is 6.42 Å². The molecule has 28 heavy (non-hydrogen) atoms. The van der Waals surface area contributed by atoms with Gasteiger partial charge in [-0.1, -0.05) is 23.7 Å². The molecule has 0 atom stereocenters. The molecule has 0 aliphatic heterocycles. The van der Waals surface area contributed by atoms with Crippen molar-refractivity contribution in [2.75, 3.05) is 6.54 Å². The van der Waals surface area contributed by atoms with Crippen molar-refractivity contribution in [3.8, 4) is 16.8 Å². The van der Waals surface area contributed by atoms with Crippen LogP contribution in [0.1, 0.15) is 5.56 Å². The van der Waals surface area contributed by atoms with Gasteiger partial charge in [-0.15, -0.1) is 0 Å². The minimum Gasteiger partial charge on any atom is -0.330 e.